The first-order valence-electron chi connectivity index (χ1n) is 5.53. The highest BCUT2D eigenvalue weighted by Gasteiger charge is 2.54. The van der Waals surface area contributed by atoms with E-state index in [-0.39, 0.29) is 17.9 Å². The number of carbonyl (C=O) groups is 1. The topological polar surface area (TPSA) is 38.3 Å². The maximum atomic E-state index is 11.3. The Labute approximate surface area is 109 Å². The molecule has 1 saturated carbocycles. The summed E-state index contributed by atoms with van der Waals surface area (Å²) in [5.74, 6) is 1.48. The molecule has 17 heavy (non-hydrogen) atoms. The Bertz CT molecular complexity index is 457. The van der Waals surface area contributed by atoms with Crippen molar-refractivity contribution in [2.75, 3.05) is 6.61 Å². The molecule has 1 heterocycles. The van der Waals surface area contributed by atoms with Gasteiger partial charge in [0.05, 0.1) is 6.04 Å². The van der Waals surface area contributed by atoms with Crippen molar-refractivity contribution >= 4 is 29.1 Å². The van der Waals surface area contributed by atoms with Gasteiger partial charge in [-0.15, -0.1) is 0 Å². The minimum absolute atomic E-state index is 0.130. The van der Waals surface area contributed by atoms with Gasteiger partial charge in [0.1, 0.15) is 12.4 Å². The van der Waals surface area contributed by atoms with Crippen LogP contribution in [-0.4, -0.2) is 18.6 Å². The lowest BCUT2D eigenvalue weighted by atomic mass is 10.2. The van der Waals surface area contributed by atoms with Gasteiger partial charge >= 0.3 is 0 Å². The number of benzene rings is 1. The van der Waals surface area contributed by atoms with Crippen molar-refractivity contribution in [3.8, 4) is 5.75 Å². The number of nitrogens with one attached hydrogen (secondary N) is 1. The summed E-state index contributed by atoms with van der Waals surface area (Å²) >= 11 is 11.7. The van der Waals surface area contributed by atoms with Crippen LogP contribution in [0, 0.1) is 11.8 Å². The predicted molar refractivity (Wildman–Crippen MR) is 65.5 cm³/mol. The zero-order chi connectivity index (χ0) is 12.0. The van der Waals surface area contributed by atoms with Crippen molar-refractivity contribution in [2.24, 2.45) is 11.8 Å². The van der Waals surface area contributed by atoms with Crippen molar-refractivity contribution in [2.45, 2.75) is 12.5 Å². The van der Waals surface area contributed by atoms with Crippen LogP contribution in [0.2, 0.25) is 10.0 Å². The number of halogens is 2. The number of piperidine rings is 1. The van der Waals surface area contributed by atoms with E-state index in [4.69, 9.17) is 27.9 Å². The van der Waals surface area contributed by atoms with Crippen LogP contribution in [0.5, 0.6) is 5.75 Å². The fourth-order valence-electron chi connectivity index (χ4n) is 2.32. The molecular weight excluding hydrogens is 261 g/mol. The van der Waals surface area contributed by atoms with Gasteiger partial charge in [-0.05, 0) is 30.5 Å². The van der Waals surface area contributed by atoms with Crippen molar-refractivity contribution in [1.82, 2.24) is 5.32 Å². The maximum Gasteiger partial charge on any atom is 0.223 e. The summed E-state index contributed by atoms with van der Waals surface area (Å²) in [6, 6.07) is 5.22. The van der Waals surface area contributed by atoms with E-state index in [1.54, 1.807) is 18.2 Å². The summed E-state index contributed by atoms with van der Waals surface area (Å²) in [5, 5.41) is 4.02. The van der Waals surface area contributed by atoms with Crippen molar-refractivity contribution < 1.29 is 9.53 Å². The molecule has 0 spiro atoms. The zero-order valence-electron chi connectivity index (χ0n) is 8.95. The minimum atomic E-state index is 0.130. The van der Waals surface area contributed by atoms with Crippen LogP contribution >= 0.6 is 23.2 Å². The van der Waals surface area contributed by atoms with E-state index >= 15 is 0 Å². The number of ether oxygens (including phenoxy) is 1. The highest BCUT2D eigenvalue weighted by atomic mass is 35.5. The summed E-state index contributed by atoms with van der Waals surface area (Å²) in [6.45, 7) is 0.476. The standard InChI is InChI=1S/C12H11Cl2NO2/c13-6-1-7(14)3-8(2-6)17-5-11-9-4-10(9)12(16)15-11/h1-3,9-11H,4-5H2,(H,15,16)/t9-,10+,11+/m1/s1. The van der Waals surface area contributed by atoms with Gasteiger partial charge in [0.25, 0.3) is 0 Å². The smallest absolute Gasteiger partial charge is 0.223 e. The quantitative estimate of drug-likeness (QED) is 0.918. The van der Waals surface area contributed by atoms with E-state index in [0.717, 1.165) is 6.42 Å². The van der Waals surface area contributed by atoms with Gasteiger partial charge in [0.2, 0.25) is 5.91 Å². The number of hydrogen-bond acceptors (Lipinski definition) is 2. The van der Waals surface area contributed by atoms with E-state index in [1.165, 1.54) is 0 Å². The average Bonchev–Trinajstić information content (AvgIpc) is 2.97. The molecule has 0 radical (unpaired) electrons. The molecule has 2 fully saturated rings. The molecule has 2 aliphatic rings. The predicted octanol–water partition coefficient (Wildman–Crippen LogP) is 2.51. The molecule has 1 aromatic rings. The second-order valence-electron chi connectivity index (χ2n) is 4.54. The van der Waals surface area contributed by atoms with Crippen LogP contribution in [0.1, 0.15) is 6.42 Å². The second kappa shape index (κ2) is 4.07. The summed E-state index contributed by atoms with van der Waals surface area (Å²) in [6.07, 6.45) is 0.996. The third-order valence-corrected chi connectivity index (χ3v) is 3.72. The number of carbonyl (C=O) groups excluding carboxylic acids is 1. The first kappa shape index (κ1) is 11.2. The largest absolute Gasteiger partial charge is 0.491 e. The number of hydrogen-bond donors (Lipinski definition) is 1. The van der Waals surface area contributed by atoms with Crippen LogP contribution < -0.4 is 10.1 Å². The summed E-state index contributed by atoms with van der Waals surface area (Å²) in [7, 11) is 0. The van der Waals surface area contributed by atoms with E-state index in [2.05, 4.69) is 5.32 Å². The lowest BCUT2D eigenvalue weighted by Crippen LogP contribution is -2.35. The monoisotopic (exact) mass is 271 g/mol. The van der Waals surface area contributed by atoms with Crippen molar-refractivity contribution in [3.05, 3.63) is 28.2 Å². The Morgan fingerprint density at radius 3 is 2.53 bits per heavy atom. The van der Waals surface area contributed by atoms with Gasteiger partial charge in [-0.3, -0.25) is 4.79 Å². The van der Waals surface area contributed by atoms with Gasteiger partial charge in [-0.2, -0.15) is 0 Å². The molecule has 1 aliphatic heterocycles. The molecule has 3 rings (SSSR count). The molecule has 0 aromatic heterocycles. The van der Waals surface area contributed by atoms with E-state index in [0.29, 0.717) is 28.3 Å². The molecule has 1 amide bonds. The third-order valence-electron chi connectivity index (χ3n) is 3.29. The Morgan fingerprint density at radius 2 is 2.00 bits per heavy atom. The Morgan fingerprint density at radius 1 is 1.29 bits per heavy atom. The highest BCUT2D eigenvalue weighted by Crippen LogP contribution is 2.45. The van der Waals surface area contributed by atoms with Crippen molar-refractivity contribution in [1.29, 1.82) is 0 Å². The molecular formula is C12H11Cl2NO2. The SMILES string of the molecule is O=C1N[C@@H](COc2cc(Cl)cc(Cl)c2)[C@@H]2C[C@H]12. The van der Waals surface area contributed by atoms with Crippen LogP contribution in [0.25, 0.3) is 0 Å². The minimum Gasteiger partial charge on any atom is -0.491 e. The first-order valence-corrected chi connectivity index (χ1v) is 6.28. The Hall–Kier alpha value is -0.930. The lowest BCUT2D eigenvalue weighted by molar-refractivity contribution is -0.121. The van der Waals surface area contributed by atoms with Gasteiger partial charge in [-0.25, -0.2) is 0 Å². The molecule has 0 unspecified atom stereocenters. The number of fused-ring (bicyclic) bond motifs is 1. The summed E-state index contributed by atoms with van der Waals surface area (Å²) in [4.78, 5) is 11.3. The molecule has 3 atom stereocenters. The molecule has 1 aliphatic carbocycles. The van der Waals surface area contributed by atoms with Gasteiger partial charge in [0.15, 0.2) is 0 Å². The van der Waals surface area contributed by atoms with Crippen LogP contribution in [-0.2, 0) is 4.79 Å². The molecule has 1 saturated heterocycles. The van der Waals surface area contributed by atoms with Crippen LogP contribution in [0.4, 0.5) is 0 Å². The van der Waals surface area contributed by atoms with Gasteiger partial charge < -0.3 is 10.1 Å². The fourth-order valence-corrected chi connectivity index (χ4v) is 2.83. The summed E-state index contributed by atoms with van der Waals surface area (Å²) in [5.41, 5.74) is 0. The highest BCUT2D eigenvalue weighted by molar-refractivity contribution is 6.34. The van der Waals surface area contributed by atoms with Gasteiger partial charge in [-0.1, -0.05) is 23.2 Å². The molecule has 1 aromatic carbocycles. The second-order valence-corrected chi connectivity index (χ2v) is 5.41. The molecule has 3 nitrogen and oxygen atoms in total. The molecule has 90 valence electrons. The first-order chi connectivity index (χ1) is 8.13. The fraction of sp³-hybridized carbons (Fsp3) is 0.417. The van der Waals surface area contributed by atoms with Gasteiger partial charge in [0, 0.05) is 16.0 Å². The maximum absolute atomic E-state index is 11.3. The average molecular weight is 272 g/mol. The van der Waals surface area contributed by atoms with Crippen LogP contribution in [0.3, 0.4) is 0 Å². The zero-order valence-corrected chi connectivity index (χ0v) is 10.5. The summed E-state index contributed by atoms with van der Waals surface area (Å²) < 4.78 is 5.61. The third kappa shape index (κ3) is 2.22. The number of amides is 1. The van der Waals surface area contributed by atoms with E-state index in [9.17, 15) is 4.79 Å². The normalized spacial score (nSPS) is 29.8. The van der Waals surface area contributed by atoms with Crippen molar-refractivity contribution in [3.63, 3.8) is 0 Å². The molecule has 1 N–H and O–H groups in total. The Balaban J connectivity index is 1.62. The number of rotatable bonds is 3. The molecule has 0 bridgehead atoms. The lowest BCUT2D eigenvalue weighted by Gasteiger charge is -2.14. The van der Waals surface area contributed by atoms with Crippen LogP contribution in [0.15, 0.2) is 18.2 Å². The Kier molecular flexibility index (Phi) is 2.68. The van der Waals surface area contributed by atoms with E-state index in [1.807, 2.05) is 0 Å². The van der Waals surface area contributed by atoms with E-state index < -0.39 is 0 Å². The molecule has 5 heteroatoms.